The molecule has 0 aliphatic carbocycles. The van der Waals surface area contributed by atoms with Gasteiger partial charge in [0.15, 0.2) is 0 Å². The van der Waals surface area contributed by atoms with Crippen LogP contribution in [0.1, 0.15) is 18.1 Å². The van der Waals surface area contributed by atoms with E-state index in [0.717, 1.165) is 5.56 Å². The summed E-state index contributed by atoms with van der Waals surface area (Å²) in [5.74, 6) is -0.512. The van der Waals surface area contributed by atoms with Crippen molar-refractivity contribution in [1.29, 1.82) is 0 Å². The van der Waals surface area contributed by atoms with Crippen LogP contribution in [0.3, 0.4) is 0 Å². The Morgan fingerprint density at radius 3 is 2.15 bits per heavy atom. The number of carbonyl (C=O) groups is 2. The molecule has 0 aliphatic heterocycles. The van der Waals surface area contributed by atoms with Crippen molar-refractivity contribution in [2.75, 3.05) is 22.5 Å². The monoisotopic (exact) mass is 356 g/mol. The quantitative estimate of drug-likeness (QED) is 0.543. The van der Waals surface area contributed by atoms with E-state index in [1.807, 2.05) is 6.92 Å². The second-order valence-electron chi connectivity index (χ2n) is 5.77. The summed E-state index contributed by atoms with van der Waals surface area (Å²) >= 11 is 0. The first kappa shape index (κ1) is 18.9. The Labute approximate surface area is 150 Å². The van der Waals surface area contributed by atoms with E-state index >= 15 is 0 Å². The summed E-state index contributed by atoms with van der Waals surface area (Å²) in [5.41, 5.74) is 2.93. The molecule has 0 aromatic heterocycles. The molecule has 0 aliphatic rings. The Balaban J connectivity index is 2.05. The minimum atomic E-state index is -0.486. The number of nitrogens with one attached hydrogen (secondary N) is 3. The first-order valence-electron chi connectivity index (χ1n) is 7.94. The minimum absolute atomic E-state index is 0.0213. The second-order valence-corrected chi connectivity index (χ2v) is 5.77. The SMILES string of the molecule is CC(=O)Nc1cccc(NCC(=O)Nc2cccc([N+](=O)[O-])c2C)c1C. The van der Waals surface area contributed by atoms with Gasteiger partial charge in [-0.3, -0.25) is 19.7 Å². The van der Waals surface area contributed by atoms with Gasteiger partial charge in [-0.2, -0.15) is 0 Å². The summed E-state index contributed by atoms with van der Waals surface area (Å²) in [6.07, 6.45) is 0. The number of benzene rings is 2. The van der Waals surface area contributed by atoms with E-state index in [0.29, 0.717) is 22.6 Å². The number of hydrogen-bond donors (Lipinski definition) is 3. The molecule has 0 saturated carbocycles. The molecule has 0 radical (unpaired) electrons. The van der Waals surface area contributed by atoms with Gasteiger partial charge < -0.3 is 16.0 Å². The summed E-state index contributed by atoms with van der Waals surface area (Å²) in [4.78, 5) is 33.9. The van der Waals surface area contributed by atoms with Crippen molar-refractivity contribution < 1.29 is 14.5 Å². The highest BCUT2D eigenvalue weighted by Crippen LogP contribution is 2.25. The van der Waals surface area contributed by atoms with E-state index in [1.165, 1.54) is 19.1 Å². The third kappa shape index (κ3) is 4.56. The molecule has 8 nitrogen and oxygen atoms in total. The van der Waals surface area contributed by atoms with Gasteiger partial charge in [0.05, 0.1) is 22.7 Å². The van der Waals surface area contributed by atoms with Crippen LogP contribution in [0.5, 0.6) is 0 Å². The molecule has 2 amide bonds. The van der Waals surface area contributed by atoms with Crippen molar-refractivity contribution in [2.24, 2.45) is 0 Å². The predicted molar refractivity (Wildman–Crippen MR) is 100 cm³/mol. The van der Waals surface area contributed by atoms with Crippen molar-refractivity contribution in [3.05, 3.63) is 57.6 Å². The van der Waals surface area contributed by atoms with Gasteiger partial charge in [0, 0.05) is 24.4 Å². The maximum absolute atomic E-state index is 12.2. The molecule has 26 heavy (non-hydrogen) atoms. The van der Waals surface area contributed by atoms with Crippen LogP contribution in [0.25, 0.3) is 0 Å². The highest BCUT2D eigenvalue weighted by Gasteiger charge is 2.15. The molecule has 8 heteroatoms. The summed E-state index contributed by atoms with van der Waals surface area (Å²) in [5, 5.41) is 19.4. The minimum Gasteiger partial charge on any atom is -0.376 e. The summed E-state index contributed by atoms with van der Waals surface area (Å²) < 4.78 is 0. The molecule has 2 rings (SSSR count). The number of amides is 2. The van der Waals surface area contributed by atoms with Gasteiger partial charge in [0.1, 0.15) is 0 Å². The highest BCUT2D eigenvalue weighted by atomic mass is 16.6. The summed E-state index contributed by atoms with van der Waals surface area (Å²) in [6.45, 7) is 4.82. The third-order valence-corrected chi connectivity index (χ3v) is 3.86. The Kier molecular flexibility index (Phi) is 5.90. The van der Waals surface area contributed by atoms with Crippen molar-refractivity contribution in [2.45, 2.75) is 20.8 Å². The first-order chi connectivity index (χ1) is 12.3. The average Bonchev–Trinajstić information content (AvgIpc) is 2.57. The van der Waals surface area contributed by atoms with E-state index in [-0.39, 0.29) is 24.0 Å². The lowest BCUT2D eigenvalue weighted by Gasteiger charge is -2.14. The summed E-state index contributed by atoms with van der Waals surface area (Å²) in [6, 6.07) is 9.86. The van der Waals surface area contributed by atoms with Crippen molar-refractivity contribution in [1.82, 2.24) is 0 Å². The van der Waals surface area contributed by atoms with Gasteiger partial charge in [-0.15, -0.1) is 0 Å². The number of nitro groups is 1. The van der Waals surface area contributed by atoms with Crippen LogP contribution in [0, 0.1) is 24.0 Å². The van der Waals surface area contributed by atoms with Crippen molar-refractivity contribution >= 4 is 34.6 Å². The zero-order valence-electron chi connectivity index (χ0n) is 14.8. The fourth-order valence-corrected chi connectivity index (χ4v) is 2.48. The molecule has 136 valence electrons. The zero-order valence-corrected chi connectivity index (χ0v) is 14.8. The molecule has 2 aromatic carbocycles. The van der Waals surface area contributed by atoms with E-state index in [1.54, 1.807) is 31.2 Å². The number of hydrogen-bond acceptors (Lipinski definition) is 5. The van der Waals surface area contributed by atoms with Crippen LogP contribution >= 0.6 is 0 Å². The highest BCUT2D eigenvalue weighted by molar-refractivity contribution is 5.95. The Morgan fingerprint density at radius 2 is 1.54 bits per heavy atom. The molecular formula is C18H20N4O4. The molecule has 0 spiro atoms. The lowest BCUT2D eigenvalue weighted by molar-refractivity contribution is -0.385. The Bertz CT molecular complexity index is 864. The first-order valence-corrected chi connectivity index (χ1v) is 7.94. The molecular weight excluding hydrogens is 336 g/mol. The molecule has 0 saturated heterocycles. The van der Waals surface area contributed by atoms with Crippen LogP contribution in [-0.4, -0.2) is 23.3 Å². The topological polar surface area (TPSA) is 113 Å². The van der Waals surface area contributed by atoms with E-state index < -0.39 is 4.92 Å². The van der Waals surface area contributed by atoms with Gasteiger partial charge in [-0.25, -0.2) is 0 Å². The Hall–Kier alpha value is -3.42. The maximum atomic E-state index is 12.2. The fraction of sp³-hybridized carbons (Fsp3) is 0.222. The largest absolute Gasteiger partial charge is 0.376 e. The second kappa shape index (κ2) is 8.11. The predicted octanol–water partition coefficient (Wildman–Crippen LogP) is 3.22. The fourth-order valence-electron chi connectivity index (χ4n) is 2.48. The van der Waals surface area contributed by atoms with Gasteiger partial charge in [0.2, 0.25) is 11.8 Å². The van der Waals surface area contributed by atoms with Crippen LogP contribution in [-0.2, 0) is 9.59 Å². The number of nitrogens with zero attached hydrogens (tertiary/aromatic N) is 1. The average molecular weight is 356 g/mol. The summed E-state index contributed by atoms with van der Waals surface area (Å²) in [7, 11) is 0. The van der Waals surface area contributed by atoms with E-state index in [4.69, 9.17) is 0 Å². The van der Waals surface area contributed by atoms with Crippen LogP contribution in [0.15, 0.2) is 36.4 Å². The Morgan fingerprint density at radius 1 is 0.962 bits per heavy atom. The van der Waals surface area contributed by atoms with Crippen LogP contribution in [0.2, 0.25) is 0 Å². The normalized spacial score (nSPS) is 10.1. The lowest BCUT2D eigenvalue weighted by atomic mass is 10.1. The third-order valence-electron chi connectivity index (χ3n) is 3.86. The number of nitro benzene ring substituents is 1. The number of rotatable bonds is 6. The van der Waals surface area contributed by atoms with Gasteiger partial charge in [-0.1, -0.05) is 12.1 Å². The van der Waals surface area contributed by atoms with E-state index in [2.05, 4.69) is 16.0 Å². The standard InChI is InChI=1S/C18H20N4O4/c1-11-14(6-4-7-15(11)20-13(3)23)19-10-18(24)21-16-8-5-9-17(12(16)2)22(25)26/h4-9,19H,10H2,1-3H3,(H,20,23)(H,21,24). The lowest BCUT2D eigenvalue weighted by Crippen LogP contribution is -2.22. The van der Waals surface area contributed by atoms with Crippen LogP contribution < -0.4 is 16.0 Å². The number of anilines is 3. The molecule has 0 bridgehead atoms. The molecule has 0 fully saturated rings. The maximum Gasteiger partial charge on any atom is 0.274 e. The van der Waals surface area contributed by atoms with Crippen molar-refractivity contribution in [3.8, 4) is 0 Å². The molecule has 0 heterocycles. The number of carbonyl (C=O) groups excluding carboxylic acids is 2. The van der Waals surface area contributed by atoms with Gasteiger partial charge in [0.25, 0.3) is 5.69 Å². The molecule has 2 aromatic rings. The van der Waals surface area contributed by atoms with Gasteiger partial charge >= 0.3 is 0 Å². The van der Waals surface area contributed by atoms with Crippen LogP contribution in [0.4, 0.5) is 22.7 Å². The smallest absolute Gasteiger partial charge is 0.274 e. The van der Waals surface area contributed by atoms with Crippen molar-refractivity contribution in [3.63, 3.8) is 0 Å². The molecule has 0 atom stereocenters. The molecule has 3 N–H and O–H groups in total. The van der Waals surface area contributed by atoms with E-state index in [9.17, 15) is 19.7 Å². The molecule has 0 unspecified atom stereocenters. The van der Waals surface area contributed by atoms with Gasteiger partial charge in [-0.05, 0) is 37.6 Å². The zero-order chi connectivity index (χ0) is 19.3.